The fraction of sp³-hybridized carbons (Fsp3) is 0.968. The van der Waals surface area contributed by atoms with E-state index < -0.39 is 0 Å². The van der Waals surface area contributed by atoms with Crippen molar-refractivity contribution < 1.29 is 14.6 Å². The van der Waals surface area contributed by atoms with Crippen molar-refractivity contribution in [2.24, 2.45) is 34.5 Å². The van der Waals surface area contributed by atoms with E-state index in [1.54, 1.807) is 6.92 Å². The first-order chi connectivity index (χ1) is 17.3. The molecule has 204 valence electrons. The summed E-state index contributed by atoms with van der Waals surface area (Å²) < 4.78 is 6.05. The van der Waals surface area contributed by atoms with E-state index in [0.717, 1.165) is 18.3 Å². The highest BCUT2D eigenvalue weighted by molar-refractivity contribution is 5.66. The van der Waals surface area contributed by atoms with Crippen molar-refractivity contribution in [2.45, 2.75) is 129 Å². The molecule has 0 aromatic carbocycles. The Hall–Kier alpha value is -0.650. The van der Waals surface area contributed by atoms with Crippen LogP contribution in [0.2, 0.25) is 0 Å². The van der Waals surface area contributed by atoms with E-state index in [0.29, 0.717) is 29.3 Å². The van der Waals surface area contributed by atoms with Crippen molar-refractivity contribution in [1.29, 1.82) is 0 Å². The standard InChI is InChI=1S/C31H52N2O3/c1-21(34)36-28-18-22-10-11-23-24(31(22,3)20-27(28)33-16-8-5-9-17-33)12-13-30(2)25(23)19-26(29(30)35)32-14-6-4-7-15-32/h22-29,35H,4-20H2,1-3H3/t22?,23-,24-,25+,26?,27?,28?,29?,30+,31+/m1/s1. The Bertz CT molecular complexity index is 808. The molecular weight excluding hydrogens is 448 g/mol. The average Bonchev–Trinajstić information content (AvgIpc) is 3.15. The lowest BCUT2D eigenvalue weighted by molar-refractivity contribution is -0.176. The molecule has 0 bridgehead atoms. The summed E-state index contributed by atoms with van der Waals surface area (Å²) in [6, 6.07) is 0.767. The number of carbonyl (C=O) groups is 1. The molecule has 36 heavy (non-hydrogen) atoms. The van der Waals surface area contributed by atoms with Gasteiger partial charge in [-0.1, -0.05) is 26.7 Å². The third kappa shape index (κ3) is 4.18. The van der Waals surface area contributed by atoms with Crippen LogP contribution in [-0.4, -0.2) is 71.3 Å². The molecule has 5 nitrogen and oxygen atoms in total. The summed E-state index contributed by atoms with van der Waals surface area (Å²) in [5.41, 5.74) is 0.421. The highest BCUT2D eigenvalue weighted by Gasteiger charge is 2.64. The van der Waals surface area contributed by atoms with Gasteiger partial charge in [0.2, 0.25) is 0 Å². The number of esters is 1. The number of nitrogens with zero attached hydrogens (tertiary/aromatic N) is 2. The van der Waals surface area contributed by atoms with E-state index in [-0.39, 0.29) is 23.6 Å². The number of aliphatic hydroxyl groups excluding tert-OH is 1. The monoisotopic (exact) mass is 500 g/mol. The lowest BCUT2D eigenvalue weighted by Gasteiger charge is -2.62. The number of ether oxygens (including phenoxy) is 1. The van der Waals surface area contributed by atoms with E-state index in [4.69, 9.17) is 4.74 Å². The van der Waals surface area contributed by atoms with Crippen LogP contribution in [-0.2, 0) is 9.53 Å². The van der Waals surface area contributed by atoms with Crippen LogP contribution in [0.25, 0.3) is 0 Å². The third-order valence-electron chi connectivity index (χ3n) is 12.7. The number of likely N-dealkylation sites (tertiary alicyclic amines) is 2. The molecule has 0 aromatic rings. The van der Waals surface area contributed by atoms with Gasteiger partial charge < -0.3 is 9.84 Å². The summed E-state index contributed by atoms with van der Waals surface area (Å²) in [6.45, 7) is 11.4. The van der Waals surface area contributed by atoms with Crippen molar-refractivity contribution in [1.82, 2.24) is 9.80 Å². The fourth-order valence-corrected chi connectivity index (χ4v) is 10.8. The van der Waals surface area contributed by atoms with Gasteiger partial charge in [-0.05, 0) is 131 Å². The van der Waals surface area contributed by atoms with Gasteiger partial charge in [0, 0.05) is 19.0 Å². The van der Waals surface area contributed by atoms with Gasteiger partial charge in [0.05, 0.1) is 6.10 Å². The molecule has 0 amide bonds. The van der Waals surface area contributed by atoms with E-state index in [1.165, 1.54) is 103 Å². The minimum absolute atomic E-state index is 0.0702. The maximum Gasteiger partial charge on any atom is 0.302 e. The van der Waals surface area contributed by atoms with Gasteiger partial charge >= 0.3 is 5.97 Å². The first-order valence-corrected chi connectivity index (χ1v) is 15.6. The van der Waals surface area contributed by atoms with Crippen LogP contribution in [0.5, 0.6) is 0 Å². The molecule has 2 aliphatic heterocycles. The second-order valence-corrected chi connectivity index (χ2v) is 14.3. The van der Waals surface area contributed by atoms with Crippen molar-refractivity contribution in [3.05, 3.63) is 0 Å². The summed E-state index contributed by atoms with van der Waals surface area (Å²) in [7, 11) is 0. The number of piperidine rings is 2. The van der Waals surface area contributed by atoms with Gasteiger partial charge in [-0.2, -0.15) is 0 Å². The number of fused-ring (bicyclic) bond motifs is 5. The first kappa shape index (κ1) is 25.6. The first-order valence-electron chi connectivity index (χ1n) is 15.6. The molecular formula is C31H52N2O3. The average molecular weight is 501 g/mol. The van der Waals surface area contributed by atoms with Crippen molar-refractivity contribution >= 4 is 5.97 Å². The van der Waals surface area contributed by atoms with Gasteiger partial charge in [-0.3, -0.25) is 14.6 Å². The van der Waals surface area contributed by atoms with E-state index in [2.05, 4.69) is 23.6 Å². The number of hydrogen-bond acceptors (Lipinski definition) is 5. The minimum atomic E-state index is -0.159. The van der Waals surface area contributed by atoms with Crippen molar-refractivity contribution in [2.75, 3.05) is 26.2 Å². The fourth-order valence-electron chi connectivity index (χ4n) is 10.8. The maximum absolute atomic E-state index is 12.1. The molecule has 1 N–H and O–H groups in total. The van der Waals surface area contributed by atoms with Gasteiger partial charge in [0.25, 0.3) is 0 Å². The zero-order valence-electron chi connectivity index (χ0n) is 23.3. The topological polar surface area (TPSA) is 53.0 Å². The molecule has 10 atom stereocenters. The molecule has 2 heterocycles. The van der Waals surface area contributed by atoms with E-state index in [9.17, 15) is 9.90 Å². The highest BCUT2D eigenvalue weighted by atomic mass is 16.5. The summed E-state index contributed by atoms with van der Waals surface area (Å²) >= 11 is 0. The highest BCUT2D eigenvalue weighted by Crippen LogP contribution is 2.67. The Morgan fingerprint density at radius 3 is 2.08 bits per heavy atom. The Morgan fingerprint density at radius 1 is 0.806 bits per heavy atom. The summed E-state index contributed by atoms with van der Waals surface area (Å²) in [5, 5.41) is 11.7. The number of aliphatic hydroxyl groups is 1. The molecule has 6 fully saturated rings. The minimum Gasteiger partial charge on any atom is -0.461 e. The smallest absolute Gasteiger partial charge is 0.302 e. The van der Waals surface area contributed by atoms with Crippen LogP contribution in [0.3, 0.4) is 0 Å². The Labute approximate surface area is 219 Å². The van der Waals surface area contributed by atoms with Crippen LogP contribution >= 0.6 is 0 Å². The molecule has 4 saturated carbocycles. The molecule has 4 aliphatic carbocycles. The quantitative estimate of drug-likeness (QED) is 0.537. The molecule has 5 heteroatoms. The van der Waals surface area contributed by atoms with Crippen molar-refractivity contribution in [3.63, 3.8) is 0 Å². The molecule has 6 rings (SSSR count). The van der Waals surface area contributed by atoms with Crippen LogP contribution < -0.4 is 0 Å². The summed E-state index contributed by atoms with van der Waals surface area (Å²) in [4.78, 5) is 17.5. The van der Waals surface area contributed by atoms with Crippen molar-refractivity contribution in [3.8, 4) is 0 Å². The summed E-state index contributed by atoms with van der Waals surface area (Å²) in [6.07, 6.45) is 16.3. The van der Waals surface area contributed by atoms with Gasteiger partial charge in [0.1, 0.15) is 6.10 Å². The van der Waals surface area contributed by atoms with Crippen LogP contribution in [0.15, 0.2) is 0 Å². The number of hydrogen-bond donors (Lipinski definition) is 1. The lowest BCUT2D eigenvalue weighted by atomic mass is 9.44. The van der Waals surface area contributed by atoms with E-state index >= 15 is 0 Å². The largest absolute Gasteiger partial charge is 0.461 e. The summed E-state index contributed by atoms with van der Waals surface area (Å²) in [5.74, 6) is 2.73. The zero-order chi connectivity index (χ0) is 25.1. The SMILES string of the molecule is CC(=O)OC1CC2CC[C@@H]3[C@@H](CC[C@]4(C)C(O)C(N5CCCCC5)C[C@@H]34)[C@@]2(C)CC1N1CCCCC1. The molecule has 0 spiro atoms. The second kappa shape index (κ2) is 9.83. The number of rotatable bonds is 3. The zero-order valence-corrected chi connectivity index (χ0v) is 23.3. The molecule has 0 radical (unpaired) electrons. The number of carbonyl (C=O) groups excluding carboxylic acids is 1. The van der Waals surface area contributed by atoms with Gasteiger partial charge in [-0.25, -0.2) is 0 Å². The molecule has 6 aliphatic rings. The van der Waals surface area contributed by atoms with Gasteiger partial charge in [0.15, 0.2) is 0 Å². The van der Waals surface area contributed by atoms with Crippen LogP contribution in [0.4, 0.5) is 0 Å². The molecule has 2 saturated heterocycles. The normalized spacial score (nSPS) is 50.1. The second-order valence-electron chi connectivity index (χ2n) is 14.3. The van der Waals surface area contributed by atoms with E-state index in [1.807, 2.05) is 0 Å². The lowest BCUT2D eigenvalue weighted by Crippen LogP contribution is -2.61. The molecule has 0 aromatic heterocycles. The van der Waals surface area contributed by atoms with Gasteiger partial charge in [-0.15, -0.1) is 0 Å². The Balaban J connectivity index is 1.25. The predicted molar refractivity (Wildman–Crippen MR) is 142 cm³/mol. The van der Waals surface area contributed by atoms with Crippen LogP contribution in [0.1, 0.15) is 104 Å². The Morgan fingerprint density at radius 2 is 1.44 bits per heavy atom. The maximum atomic E-state index is 12.1. The van der Waals surface area contributed by atoms with Crippen LogP contribution in [0, 0.1) is 34.5 Å². The Kier molecular flexibility index (Phi) is 6.99. The molecule has 5 unspecified atom stereocenters. The third-order valence-corrected chi connectivity index (χ3v) is 12.7. The predicted octanol–water partition coefficient (Wildman–Crippen LogP) is 5.25.